The van der Waals surface area contributed by atoms with Gasteiger partial charge < -0.3 is 10.0 Å². The number of aromatic nitrogens is 2. The van der Waals surface area contributed by atoms with E-state index in [4.69, 9.17) is 5.26 Å². The molecule has 1 N–H and O–H groups in total. The highest BCUT2D eigenvalue weighted by Gasteiger charge is 2.31. The van der Waals surface area contributed by atoms with Gasteiger partial charge in [0.2, 0.25) is 5.91 Å². The second-order valence-corrected chi connectivity index (χ2v) is 7.27. The van der Waals surface area contributed by atoms with E-state index in [1.54, 1.807) is 12.1 Å². The number of hydrogen-bond donors (Lipinski definition) is 1. The van der Waals surface area contributed by atoms with Crippen molar-refractivity contribution in [3.8, 4) is 6.07 Å². The number of carbonyl (C=O) groups excluding carboxylic acids is 1. The van der Waals surface area contributed by atoms with Crippen LogP contribution >= 0.6 is 0 Å². The van der Waals surface area contributed by atoms with Gasteiger partial charge in [0.05, 0.1) is 12.5 Å². The number of nitrogens with zero attached hydrogens (tertiary/aromatic N) is 5. The van der Waals surface area contributed by atoms with E-state index in [2.05, 4.69) is 29.0 Å². The summed E-state index contributed by atoms with van der Waals surface area (Å²) in [5.41, 5.74) is 2.40. The Balaban J connectivity index is 1.57. The Bertz CT molecular complexity index is 885. The van der Waals surface area contributed by atoms with Crippen LogP contribution in [-0.4, -0.2) is 46.6 Å². The minimum Gasteiger partial charge on any atom is -0.391 e. The molecule has 28 heavy (non-hydrogen) atoms. The summed E-state index contributed by atoms with van der Waals surface area (Å²) >= 11 is 0. The summed E-state index contributed by atoms with van der Waals surface area (Å²) in [6.45, 7) is 5.12. The quantitative estimate of drug-likeness (QED) is 0.801. The number of benzene rings is 1. The zero-order valence-electron chi connectivity index (χ0n) is 16.0. The molecule has 1 aliphatic rings. The molecule has 0 radical (unpaired) electrons. The number of hydrogen-bond acceptors (Lipinski definition) is 6. The molecule has 0 aliphatic carbocycles. The lowest BCUT2D eigenvalue weighted by molar-refractivity contribution is -0.117. The van der Waals surface area contributed by atoms with E-state index in [1.807, 2.05) is 35.2 Å². The average Bonchev–Trinajstić information content (AvgIpc) is 3.07. The smallest absolute Gasteiger partial charge is 0.249 e. The third kappa shape index (κ3) is 4.78. The standard InChI is InChI=1S/C21H23N5O2/c1-14(2)16-5-3-15(4-6-16)9-21(28)23-11-17-12-26(13-19(17)27)20-8-7-18(10-22)24-25-20/h3-8,11,14,17,19,27H,9,12-13H2,1-2H3/t17?,19-/m0/s1. The predicted octanol–water partition coefficient (Wildman–Crippen LogP) is 2.11. The summed E-state index contributed by atoms with van der Waals surface area (Å²) in [6, 6.07) is 13.2. The van der Waals surface area contributed by atoms with Crippen molar-refractivity contribution < 1.29 is 9.90 Å². The Kier molecular flexibility index (Phi) is 6.12. The summed E-state index contributed by atoms with van der Waals surface area (Å²) in [6.07, 6.45) is 1.13. The van der Waals surface area contributed by atoms with Gasteiger partial charge in [-0.25, -0.2) is 4.99 Å². The molecule has 1 unspecified atom stereocenters. The minimum atomic E-state index is -0.640. The van der Waals surface area contributed by atoms with E-state index in [-0.39, 0.29) is 23.9 Å². The van der Waals surface area contributed by atoms with Gasteiger partial charge in [-0.2, -0.15) is 5.26 Å². The molecule has 2 atom stereocenters. The van der Waals surface area contributed by atoms with Crippen molar-refractivity contribution in [2.45, 2.75) is 32.3 Å². The number of amides is 1. The van der Waals surface area contributed by atoms with E-state index in [0.717, 1.165) is 5.56 Å². The van der Waals surface area contributed by atoms with Crippen LogP contribution in [0.2, 0.25) is 0 Å². The van der Waals surface area contributed by atoms with Gasteiger partial charge in [-0.1, -0.05) is 38.1 Å². The molecule has 7 heteroatoms. The van der Waals surface area contributed by atoms with Crippen LogP contribution in [0.25, 0.3) is 0 Å². The molecule has 0 bridgehead atoms. The molecule has 1 aromatic carbocycles. The summed E-state index contributed by atoms with van der Waals surface area (Å²) in [4.78, 5) is 18.1. The third-order valence-electron chi connectivity index (χ3n) is 4.83. The number of β-amino-alcohol motifs (C(OH)–C–C–N with tert-alkyl or cyclic N) is 1. The van der Waals surface area contributed by atoms with Gasteiger partial charge in [0.15, 0.2) is 11.5 Å². The zero-order valence-corrected chi connectivity index (χ0v) is 16.0. The Morgan fingerprint density at radius 2 is 2.04 bits per heavy atom. The largest absolute Gasteiger partial charge is 0.391 e. The lowest BCUT2D eigenvalue weighted by Gasteiger charge is -2.15. The van der Waals surface area contributed by atoms with E-state index in [1.165, 1.54) is 11.8 Å². The lowest BCUT2D eigenvalue weighted by atomic mass is 10.0. The van der Waals surface area contributed by atoms with Crippen molar-refractivity contribution >= 4 is 17.9 Å². The molecule has 2 aromatic rings. The molecule has 0 saturated carbocycles. The van der Waals surface area contributed by atoms with Gasteiger partial charge in [0.1, 0.15) is 6.07 Å². The maximum Gasteiger partial charge on any atom is 0.249 e. The molecule has 1 aromatic heterocycles. The van der Waals surface area contributed by atoms with Crippen molar-refractivity contribution in [2.75, 3.05) is 18.0 Å². The van der Waals surface area contributed by atoms with E-state index >= 15 is 0 Å². The number of nitriles is 1. The van der Waals surface area contributed by atoms with Crippen molar-refractivity contribution in [1.29, 1.82) is 5.26 Å². The number of carbonyl (C=O) groups is 1. The summed E-state index contributed by atoms with van der Waals surface area (Å²) in [5.74, 6) is 0.548. The average molecular weight is 377 g/mol. The molecular formula is C21H23N5O2. The Morgan fingerprint density at radius 1 is 1.29 bits per heavy atom. The predicted molar refractivity (Wildman–Crippen MR) is 106 cm³/mol. The van der Waals surface area contributed by atoms with Crippen LogP contribution in [0.15, 0.2) is 41.4 Å². The van der Waals surface area contributed by atoms with Gasteiger partial charge in [0, 0.05) is 25.2 Å². The molecule has 144 valence electrons. The minimum absolute atomic E-state index is 0.235. The summed E-state index contributed by atoms with van der Waals surface area (Å²) in [7, 11) is 0. The second kappa shape index (κ2) is 8.72. The summed E-state index contributed by atoms with van der Waals surface area (Å²) in [5, 5.41) is 26.9. The normalized spacial score (nSPS) is 19.3. The van der Waals surface area contributed by atoms with Gasteiger partial charge in [-0.15, -0.1) is 10.2 Å². The molecular weight excluding hydrogens is 354 g/mol. The molecule has 7 nitrogen and oxygen atoms in total. The molecule has 0 spiro atoms. The van der Waals surface area contributed by atoms with Gasteiger partial charge >= 0.3 is 0 Å². The number of aliphatic imine (C=N–C) groups is 1. The fourth-order valence-corrected chi connectivity index (χ4v) is 3.12. The highest BCUT2D eigenvalue weighted by Crippen LogP contribution is 2.21. The number of anilines is 1. The lowest BCUT2D eigenvalue weighted by Crippen LogP contribution is -2.22. The Labute approximate surface area is 164 Å². The monoisotopic (exact) mass is 377 g/mol. The number of aliphatic hydroxyl groups excluding tert-OH is 1. The zero-order chi connectivity index (χ0) is 20.1. The van der Waals surface area contributed by atoms with Crippen molar-refractivity contribution in [3.63, 3.8) is 0 Å². The van der Waals surface area contributed by atoms with Crippen molar-refractivity contribution in [3.05, 3.63) is 53.2 Å². The molecule has 1 saturated heterocycles. The first-order chi connectivity index (χ1) is 13.5. The number of aliphatic hydroxyl groups is 1. The van der Waals surface area contributed by atoms with Crippen molar-refractivity contribution in [1.82, 2.24) is 10.2 Å². The fraction of sp³-hybridized carbons (Fsp3) is 0.381. The number of rotatable bonds is 5. The summed E-state index contributed by atoms with van der Waals surface area (Å²) < 4.78 is 0. The second-order valence-electron chi connectivity index (χ2n) is 7.27. The highest BCUT2D eigenvalue weighted by atomic mass is 16.3. The van der Waals surface area contributed by atoms with Crippen LogP contribution in [0.1, 0.15) is 36.6 Å². The maximum absolute atomic E-state index is 12.2. The Morgan fingerprint density at radius 3 is 2.64 bits per heavy atom. The third-order valence-corrected chi connectivity index (χ3v) is 4.83. The van der Waals surface area contributed by atoms with Crippen LogP contribution in [-0.2, 0) is 11.2 Å². The van der Waals surface area contributed by atoms with Gasteiger partial charge in [-0.3, -0.25) is 4.79 Å². The topological polar surface area (TPSA) is 102 Å². The van der Waals surface area contributed by atoms with Crippen LogP contribution < -0.4 is 4.90 Å². The maximum atomic E-state index is 12.2. The Hall–Kier alpha value is -3.11. The first kappa shape index (κ1) is 19.6. The van der Waals surface area contributed by atoms with E-state index in [9.17, 15) is 9.90 Å². The van der Waals surface area contributed by atoms with Crippen LogP contribution in [0, 0.1) is 17.2 Å². The molecule has 1 amide bonds. The van der Waals surface area contributed by atoms with Crippen LogP contribution in [0.5, 0.6) is 0 Å². The van der Waals surface area contributed by atoms with E-state index in [0.29, 0.717) is 24.8 Å². The SMILES string of the molecule is CC(C)c1ccc(CC(=O)N=CC2CN(c3ccc(C#N)nn3)C[C@@H]2O)cc1. The highest BCUT2D eigenvalue weighted by molar-refractivity contribution is 5.87. The first-order valence-electron chi connectivity index (χ1n) is 9.29. The van der Waals surface area contributed by atoms with Crippen LogP contribution in [0.4, 0.5) is 5.82 Å². The molecule has 1 fully saturated rings. The van der Waals surface area contributed by atoms with Crippen molar-refractivity contribution in [2.24, 2.45) is 10.9 Å². The van der Waals surface area contributed by atoms with Crippen LogP contribution in [0.3, 0.4) is 0 Å². The van der Waals surface area contributed by atoms with Gasteiger partial charge in [-0.05, 0) is 29.2 Å². The van der Waals surface area contributed by atoms with E-state index < -0.39 is 6.10 Å². The fourth-order valence-electron chi connectivity index (χ4n) is 3.12. The first-order valence-corrected chi connectivity index (χ1v) is 9.29. The molecule has 2 heterocycles. The molecule has 1 aliphatic heterocycles. The molecule has 3 rings (SSSR count). The van der Waals surface area contributed by atoms with Gasteiger partial charge in [0.25, 0.3) is 0 Å².